The minimum atomic E-state index is -1.33. The van der Waals surface area contributed by atoms with Crippen LogP contribution in [0.3, 0.4) is 0 Å². The highest BCUT2D eigenvalue weighted by molar-refractivity contribution is 5.94. The van der Waals surface area contributed by atoms with Crippen LogP contribution in [0.15, 0.2) is 48.6 Å². The van der Waals surface area contributed by atoms with Crippen LogP contribution in [-0.4, -0.2) is 70.1 Å². The summed E-state index contributed by atoms with van der Waals surface area (Å²) in [6.45, 7) is 4.46. The Morgan fingerprint density at radius 1 is 1.04 bits per heavy atom. The van der Waals surface area contributed by atoms with E-state index in [1.165, 1.54) is 0 Å². The predicted molar refractivity (Wildman–Crippen MR) is 169 cm³/mol. The summed E-state index contributed by atoms with van der Waals surface area (Å²) in [5.74, 6) is -1.90. The van der Waals surface area contributed by atoms with Gasteiger partial charge < -0.3 is 24.8 Å². The summed E-state index contributed by atoms with van der Waals surface area (Å²) in [5, 5.41) is 13.7. The summed E-state index contributed by atoms with van der Waals surface area (Å²) >= 11 is 0. The van der Waals surface area contributed by atoms with Gasteiger partial charge in [-0.2, -0.15) is 0 Å². The van der Waals surface area contributed by atoms with Gasteiger partial charge in [0.25, 0.3) is 0 Å². The van der Waals surface area contributed by atoms with Gasteiger partial charge in [-0.05, 0) is 76.6 Å². The fourth-order valence-electron chi connectivity index (χ4n) is 6.89. The van der Waals surface area contributed by atoms with Crippen molar-refractivity contribution < 1.29 is 29.0 Å². The van der Waals surface area contributed by atoms with Crippen molar-refractivity contribution in [3.63, 3.8) is 0 Å². The number of nitrogens with one attached hydrogen (secondary N) is 1. The molecule has 0 radical (unpaired) electrons. The zero-order chi connectivity index (χ0) is 31.9. The highest BCUT2D eigenvalue weighted by atomic mass is 16.5. The maximum atomic E-state index is 13.8. The molecule has 2 amide bonds. The van der Waals surface area contributed by atoms with Gasteiger partial charge in [-0.15, -0.1) is 0 Å². The number of carboxylic acids is 1. The Morgan fingerprint density at radius 3 is 2.60 bits per heavy atom. The Labute approximate surface area is 262 Å². The van der Waals surface area contributed by atoms with E-state index < -0.39 is 35.4 Å². The molecule has 2 saturated carbocycles. The Balaban J connectivity index is 1.35. The number of carbonyl (C=O) groups is 3. The molecule has 3 aromatic rings. The molecular formula is C35H40N4O6. The normalized spacial score (nSPS) is 27.6. The van der Waals surface area contributed by atoms with E-state index in [9.17, 15) is 19.5 Å². The van der Waals surface area contributed by atoms with E-state index >= 15 is 0 Å². The monoisotopic (exact) mass is 612 g/mol. The van der Waals surface area contributed by atoms with Crippen molar-refractivity contribution in [2.24, 2.45) is 17.8 Å². The van der Waals surface area contributed by atoms with Crippen LogP contribution in [0.5, 0.6) is 11.5 Å². The quantitative estimate of drug-likeness (QED) is 0.391. The van der Waals surface area contributed by atoms with Crippen LogP contribution in [0, 0.1) is 31.6 Å². The smallest absolute Gasteiger partial charge is 0.330 e. The van der Waals surface area contributed by atoms with Crippen molar-refractivity contribution >= 4 is 28.7 Å². The number of aryl methyl sites for hydroxylation is 2. The van der Waals surface area contributed by atoms with Gasteiger partial charge in [0, 0.05) is 42.2 Å². The molecule has 2 aliphatic carbocycles. The lowest BCUT2D eigenvalue weighted by atomic mass is 9.93. The molecule has 3 aliphatic rings. The number of carboxylic acid groups (broad SMARTS) is 1. The van der Waals surface area contributed by atoms with Crippen LogP contribution < -0.4 is 14.8 Å². The molecule has 0 unspecified atom stereocenters. The molecule has 2 aromatic heterocycles. The fourth-order valence-corrected chi connectivity index (χ4v) is 6.89. The Morgan fingerprint density at radius 2 is 1.84 bits per heavy atom. The molecule has 0 saturated heterocycles. The summed E-state index contributed by atoms with van der Waals surface area (Å²) < 4.78 is 12.3. The number of hydrogen-bond donors (Lipinski definition) is 2. The van der Waals surface area contributed by atoms with E-state index in [1.807, 2.05) is 62.4 Å². The standard InChI is InChI=1S/C35H40N4O6/c1-20-10-9-12-27(36-20)28-18-30(24-13-14-29(44-4)21(2)31(24)37-28)45-23-16-25-26(17-23)33(41)39(3)15-8-6-5-7-11-22-19-35(22,34(42)43)38-32(25)40/h7,9-14,18,22-23,25-26H,5-6,8,15-17,19H2,1-4H3,(H,38,40)(H,42,43)/b11-7-/t22-,23+,25+,26+,35+/m0/s1. The van der Waals surface area contributed by atoms with Gasteiger partial charge in [-0.1, -0.05) is 18.2 Å². The average molecular weight is 613 g/mol. The first kappa shape index (κ1) is 30.6. The maximum Gasteiger partial charge on any atom is 0.330 e. The second-order valence-corrected chi connectivity index (χ2v) is 12.6. The van der Waals surface area contributed by atoms with Crippen LogP contribution in [-0.2, 0) is 14.4 Å². The molecular weight excluding hydrogens is 572 g/mol. The number of amides is 2. The number of rotatable bonds is 5. The van der Waals surface area contributed by atoms with Crippen LogP contribution in [0.1, 0.15) is 49.8 Å². The zero-order valence-corrected chi connectivity index (χ0v) is 26.2. The Bertz CT molecular complexity index is 1690. The Kier molecular flexibility index (Phi) is 8.24. The number of allylic oxidation sites excluding steroid dienone is 1. The Hall–Kier alpha value is -4.47. The van der Waals surface area contributed by atoms with Gasteiger partial charge in [0.15, 0.2) is 0 Å². The third-order valence-electron chi connectivity index (χ3n) is 9.59. The third-order valence-corrected chi connectivity index (χ3v) is 9.59. The van der Waals surface area contributed by atoms with Crippen LogP contribution in [0.25, 0.3) is 22.3 Å². The molecule has 3 heterocycles. The van der Waals surface area contributed by atoms with Crippen molar-refractivity contribution in [2.45, 2.75) is 64.0 Å². The van der Waals surface area contributed by atoms with Crippen molar-refractivity contribution in [3.8, 4) is 22.9 Å². The maximum absolute atomic E-state index is 13.8. The van der Waals surface area contributed by atoms with Gasteiger partial charge in [-0.3, -0.25) is 14.6 Å². The number of aliphatic carboxylic acids is 1. The number of benzene rings is 1. The number of carbonyl (C=O) groups excluding carboxylic acids is 2. The van der Waals surface area contributed by atoms with Crippen LogP contribution >= 0.6 is 0 Å². The third kappa shape index (κ3) is 5.85. The summed E-state index contributed by atoms with van der Waals surface area (Å²) in [4.78, 5) is 51.2. The van der Waals surface area contributed by atoms with Gasteiger partial charge in [0.1, 0.15) is 23.1 Å². The van der Waals surface area contributed by atoms with Gasteiger partial charge in [0.05, 0.1) is 35.9 Å². The molecule has 0 spiro atoms. The first-order valence-corrected chi connectivity index (χ1v) is 15.7. The van der Waals surface area contributed by atoms with Crippen LogP contribution in [0.2, 0.25) is 0 Å². The van der Waals surface area contributed by atoms with E-state index in [4.69, 9.17) is 14.5 Å². The number of fused-ring (bicyclic) bond motifs is 3. The van der Waals surface area contributed by atoms with Crippen molar-refractivity contribution in [2.75, 3.05) is 20.7 Å². The van der Waals surface area contributed by atoms with E-state index in [0.29, 0.717) is 47.8 Å². The molecule has 1 aliphatic heterocycles. The molecule has 236 valence electrons. The molecule has 2 N–H and O–H groups in total. The van der Waals surface area contributed by atoms with Crippen molar-refractivity contribution in [3.05, 3.63) is 59.8 Å². The SMILES string of the molecule is COc1ccc2c(O[C@@H]3C[C@H]4C(=O)N[C@]5(C(=O)O)C[C@@H]5/C=C\CCCCN(C)C(=O)[C@@H]4C3)cc(-c3cccc(C)n3)nc2c1C. The van der Waals surface area contributed by atoms with Crippen molar-refractivity contribution in [1.29, 1.82) is 0 Å². The van der Waals surface area contributed by atoms with Crippen LogP contribution in [0.4, 0.5) is 0 Å². The van der Waals surface area contributed by atoms with Crippen molar-refractivity contribution in [1.82, 2.24) is 20.2 Å². The number of ether oxygens (including phenoxy) is 2. The second-order valence-electron chi connectivity index (χ2n) is 12.6. The molecule has 45 heavy (non-hydrogen) atoms. The average Bonchev–Trinajstić information content (AvgIpc) is 3.56. The lowest BCUT2D eigenvalue weighted by Crippen LogP contribution is -2.49. The fraction of sp³-hybridized carbons (Fsp3) is 0.457. The summed E-state index contributed by atoms with van der Waals surface area (Å²) in [6, 6.07) is 11.4. The first-order valence-electron chi connectivity index (χ1n) is 15.7. The minimum Gasteiger partial charge on any atom is -0.496 e. The molecule has 0 bridgehead atoms. The van der Waals surface area contributed by atoms with E-state index in [-0.39, 0.29) is 18.2 Å². The predicted octanol–water partition coefficient (Wildman–Crippen LogP) is 4.85. The molecule has 5 atom stereocenters. The van der Waals surface area contributed by atoms with Gasteiger partial charge in [0.2, 0.25) is 11.8 Å². The van der Waals surface area contributed by atoms with E-state index in [1.54, 1.807) is 19.1 Å². The lowest BCUT2D eigenvalue weighted by molar-refractivity contribution is -0.145. The molecule has 10 heteroatoms. The summed E-state index contributed by atoms with van der Waals surface area (Å²) in [6.07, 6.45) is 6.93. The number of pyridine rings is 2. The lowest BCUT2D eigenvalue weighted by Gasteiger charge is -2.26. The number of aromatic nitrogens is 2. The number of hydrogen-bond acceptors (Lipinski definition) is 7. The van der Waals surface area contributed by atoms with E-state index in [2.05, 4.69) is 10.3 Å². The topological polar surface area (TPSA) is 131 Å². The molecule has 1 aromatic carbocycles. The minimum absolute atomic E-state index is 0.115. The summed E-state index contributed by atoms with van der Waals surface area (Å²) in [5.41, 5.74) is 2.44. The first-order chi connectivity index (χ1) is 21.6. The highest BCUT2D eigenvalue weighted by Crippen LogP contribution is 2.47. The molecule has 6 rings (SSSR count). The molecule has 10 nitrogen and oxygen atoms in total. The molecule has 2 fully saturated rings. The van der Waals surface area contributed by atoms with Gasteiger partial charge >= 0.3 is 5.97 Å². The number of nitrogens with zero attached hydrogens (tertiary/aromatic N) is 3. The highest BCUT2D eigenvalue weighted by Gasteiger charge is 2.61. The van der Waals surface area contributed by atoms with E-state index in [0.717, 1.165) is 35.9 Å². The summed E-state index contributed by atoms with van der Waals surface area (Å²) in [7, 11) is 3.39. The second kappa shape index (κ2) is 12.1. The largest absolute Gasteiger partial charge is 0.496 e. The number of methoxy groups -OCH3 is 1. The van der Waals surface area contributed by atoms with Gasteiger partial charge in [-0.25, -0.2) is 9.78 Å². The zero-order valence-electron chi connectivity index (χ0n) is 26.2.